The molecule has 0 spiro atoms. The van der Waals surface area contributed by atoms with E-state index in [9.17, 15) is 4.79 Å². The van der Waals surface area contributed by atoms with Crippen LogP contribution in [0, 0.1) is 5.41 Å². The van der Waals surface area contributed by atoms with E-state index in [0.29, 0.717) is 6.42 Å². The van der Waals surface area contributed by atoms with E-state index in [4.69, 9.17) is 0 Å². The fourth-order valence-electron chi connectivity index (χ4n) is 2.05. The second-order valence-corrected chi connectivity index (χ2v) is 6.12. The zero-order chi connectivity index (χ0) is 13.1. The van der Waals surface area contributed by atoms with Gasteiger partial charge in [-0.3, -0.25) is 4.79 Å². The molecule has 3 heteroatoms. The number of carbonyl (C=O) groups excluding carboxylic acids is 1. The summed E-state index contributed by atoms with van der Waals surface area (Å²) in [5, 5.41) is 0. The summed E-state index contributed by atoms with van der Waals surface area (Å²) in [6.07, 6.45) is 3.89. The van der Waals surface area contributed by atoms with Gasteiger partial charge in [-0.1, -0.05) is 32.4 Å². The Balaban J connectivity index is 2.46. The summed E-state index contributed by atoms with van der Waals surface area (Å²) in [6, 6.07) is 0. The second-order valence-electron chi connectivity index (χ2n) is 6.12. The fourth-order valence-corrected chi connectivity index (χ4v) is 2.05. The molecule has 0 unspecified atom stereocenters. The van der Waals surface area contributed by atoms with Crippen LogP contribution in [0.5, 0.6) is 0 Å². The Labute approximate surface area is 105 Å². The first-order valence-electron chi connectivity index (χ1n) is 6.42. The van der Waals surface area contributed by atoms with E-state index in [1.54, 1.807) is 0 Å². The zero-order valence-electron chi connectivity index (χ0n) is 11.9. The van der Waals surface area contributed by atoms with Gasteiger partial charge in [-0.05, 0) is 25.9 Å². The third-order valence-corrected chi connectivity index (χ3v) is 3.30. The zero-order valence-corrected chi connectivity index (χ0v) is 11.9. The summed E-state index contributed by atoms with van der Waals surface area (Å²) in [5.41, 5.74) is 1.73. The van der Waals surface area contributed by atoms with E-state index >= 15 is 0 Å². The van der Waals surface area contributed by atoms with Crippen molar-refractivity contribution in [3.8, 4) is 0 Å². The van der Waals surface area contributed by atoms with Crippen molar-refractivity contribution in [2.24, 2.45) is 5.41 Å². The van der Waals surface area contributed by atoms with Crippen LogP contribution in [-0.2, 0) is 4.79 Å². The van der Waals surface area contributed by atoms with Gasteiger partial charge >= 0.3 is 0 Å². The van der Waals surface area contributed by atoms with Crippen molar-refractivity contribution in [3.05, 3.63) is 11.6 Å². The number of hydrogen-bond donors (Lipinski definition) is 0. The molecule has 1 rings (SSSR count). The summed E-state index contributed by atoms with van der Waals surface area (Å²) in [6.45, 7) is 9.23. The Bertz CT molecular complexity index is 300. The highest BCUT2D eigenvalue weighted by atomic mass is 16.2. The molecule has 0 aliphatic carbocycles. The van der Waals surface area contributed by atoms with Gasteiger partial charge in [0.15, 0.2) is 0 Å². The van der Waals surface area contributed by atoms with Gasteiger partial charge in [-0.2, -0.15) is 0 Å². The second kappa shape index (κ2) is 5.67. The summed E-state index contributed by atoms with van der Waals surface area (Å²) in [7, 11) is 4.00. The molecule has 0 saturated carbocycles. The van der Waals surface area contributed by atoms with Crippen LogP contribution in [0.3, 0.4) is 0 Å². The molecule has 1 aliphatic heterocycles. The van der Waals surface area contributed by atoms with Gasteiger partial charge in [-0.15, -0.1) is 0 Å². The lowest BCUT2D eigenvalue weighted by molar-refractivity contribution is -0.131. The van der Waals surface area contributed by atoms with Gasteiger partial charge in [0.25, 0.3) is 0 Å². The molecule has 1 aliphatic rings. The summed E-state index contributed by atoms with van der Waals surface area (Å²) in [5.74, 6) is 0.280. The van der Waals surface area contributed by atoms with Gasteiger partial charge in [0.2, 0.25) is 5.91 Å². The van der Waals surface area contributed by atoms with Crippen LogP contribution in [0.15, 0.2) is 11.6 Å². The fraction of sp³-hybridized carbons (Fsp3) is 0.786. The first-order valence-corrected chi connectivity index (χ1v) is 6.42. The smallest absolute Gasteiger partial charge is 0.224 e. The molecule has 17 heavy (non-hydrogen) atoms. The standard InChI is InChI=1S/C14H26N2O/c1-14(2,3)12-6-10-16(11-7-12)13(17)8-9-15(4)5/h6H,7-11H2,1-5H3. The van der Waals surface area contributed by atoms with Crippen molar-refractivity contribution in [2.75, 3.05) is 33.7 Å². The van der Waals surface area contributed by atoms with Crippen LogP contribution >= 0.6 is 0 Å². The minimum absolute atomic E-state index is 0.249. The molecule has 0 aromatic rings. The maximum Gasteiger partial charge on any atom is 0.224 e. The van der Waals surface area contributed by atoms with E-state index in [1.165, 1.54) is 5.57 Å². The monoisotopic (exact) mass is 238 g/mol. The lowest BCUT2D eigenvalue weighted by atomic mass is 9.83. The number of carbonyl (C=O) groups is 1. The molecule has 1 heterocycles. The van der Waals surface area contributed by atoms with Crippen molar-refractivity contribution in [1.82, 2.24) is 9.80 Å². The normalized spacial score (nSPS) is 17.3. The first-order chi connectivity index (χ1) is 7.80. The van der Waals surface area contributed by atoms with Crippen molar-refractivity contribution in [2.45, 2.75) is 33.6 Å². The van der Waals surface area contributed by atoms with Crippen molar-refractivity contribution >= 4 is 5.91 Å². The average Bonchev–Trinajstić information content (AvgIpc) is 2.25. The molecule has 0 fully saturated rings. The minimum Gasteiger partial charge on any atom is -0.339 e. The Kier molecular flexibility index (Phi) is 4.75. The summed E-state index contributed by atoms with van der Waals surface area (Å²) >= 11 is 0. The summed E-state index contributed by atoms with van der Waals surface area (Å²) in [4.78, 5) is 16.0. The van der Waals surface area contributed by atoms with Gasteiger partial charge in [-0.25, -0.2) is 0 Å². The van der Waals surface area contributed by atoms with Gasteiger partial charge in [0, 0.05) is 26.1 Å². The molecule has 3 nitrogen and oxygen atoms in total. The maximum absolute atomic E-state index is 11.9. The van der Waals surface area contributed by atoms with Crippen LogP contribution < -0.4 is 0 Å². The van der Waals surface area contributed by atoms with E-state index in [2.05, 4.69) is 31.7 Å². The predicted molar refractivity (Wildman–Crippen MR) is 71.9 cm³/mol. The maximum atomic E-state index is 11.9. The van der Waals surface area contributed by atoms with Crippen LogP contribution in [0.25, 0.3) is 0 Å². The molecule has 0 aromatic heterocycles. The third kappa shape index (κ3) is 4.50. The Morgan fingerprint density at radius 3 is 2.47 bits per heavy atom. The molecule has 0 N–H and O–H groups in total. The molecule has 0 radical (unpaired) electrons. The highest BCUT2D eigenvalue weighted by molar-refractivity contribution is 5.76. The number of hydrogen-bond acceptors (Lipinski definition) is 2. The number of amides is 1. The van der Waals surface area contributed by atoms with Crippen molar-refractivity contribution in [3.63, 3.8) is 0 Å². The van der Waals surface area contributed by atoms with E-state index in [-0.39, 0.29) is 11.3 Å². The van der Waals surface area contributed by atoms with E-state index < -0.39 is 0 Å². The van der Waals surface area contributed by atoms with Gasteiger partial charge in [0.05, 0.1) is 0 Å². The number of rotatable bonds is 3. The van der Waals surface area contributed by atoms with Gasteiger partial charge in [0.1, 0.15) is 0 Å². The molecule has 0 aromatic carbocycles. The predicted octanol–water partition coefficient (Wildman–Crippen LogP) is 2.14. The largest absolute Gasteiger partial charge is 0.339 e. The molecular formula is C14H26N2O. The Morgan fingerprint density at radius 1 is 1.41 bits per heavy atom. The lowest BCUT2D eigenvalue weighted by Crippen LogP contribution is -2.37. The molecular weight excluding hydrogens is 212 g/mol. The quantitative estimate of drug-likeness (QED) is 0.703. The van der Waals surface area contributed by atoms with Crippen LogP contribution in [-0.4, -0.2) is 49.4 Å². The number of nitrogens with zero attached hydrogens (tertiary/aromatic N) is 2. The molecule has 0 atom stereocenters. The van der Waals surface area contributed by atoms with Crippen LogP contribution in [0.4, 0.5) is 0 Å². The van der Waals surface area contributed by atoms with Crippen LogP contribution in [0.2, 0.25) is 0 Å². The highest BCUT2D eigenvalue weighted by Gasteiger charge is 2.23. The van der Waals surface area contributed by atoms with Crippen LogP contribution in [0.1, 0.15) is 33.6 Å². The Morgan fingerprint density at radius 2 is 2.06 bits per heavy atom. The molecule has 98 valence electrons. The summed E-state index contributed by atoms with van der Waals surface area (Å²) < 4.78 is 0. The van der Waals surface area contributed by atoms with Crippen molar-refractivity contribution < 1.29 is 4.79 Å². The third-order valence-electron chi connectivity index (χ3n) is 3.30. The SMILES string of the molecule is CN(C)CCC(=O)N1CC=C(C(C)(C)C)CC1. The van der Waals surface area contributed by atoms with E-state index in [0.717, 1.165) is 26.1 Å². The highest BCUT2D eigenvalue weighted by Crippen LogP contribution is 2.30. The molecule has 1 amide bonds. The lowest BCUT2D eigenvalue weighted by Gasteiger charge is -2.32. The minimum atomic E-state index is 0.249. The van der Waals surface area contributed by atoms with Crippen molar-refractivity contribution in [1.29, 1.82) is 0 Å². The molecule has 0 bridgehead atoms. The average molecular weight is 238 g/mol. The van der Waals surface area contributed by atoms with E-state index in [1.807, 2.05) is 19.0 Å². The molecule has 0 saturated heterocycles. The topological polar surface area (TPSA) is 23.6 Å². The van der Waals surface area contributed by atoms with Gasteiger partial charge < -0.3 is 9.80 Å². The Hall–Kier alpha value is -0.830. The first kappa shape index (κ1) is 14.2.